The van der Waals surface area contributed by atoms with Gasteiger partial charge in [0.15, 0.2) is 17.4 Å². The predicted octanol–water partition coefficient (Wildman–Crippen LogP) is 5.84. The van der Waals surface area contributed by atoms with Crippen LogP contribution in [0.2, 0.25) is 0 Å². The fraction of sp³-hybridized carbons (Fsp3) is 0.0833. The Morgan fingerprint density at radius 1 is 0.967 bits per heavy atom. The van der Waals surface area contributed by atoms with Crippen LogP contribution in [0.25, 0.3) is 11.3 Å². The Balaban J connectivity index is 1.38. The van der Waals surface area contributed by atoms with Crippen LogP contribution in [-0.4, -0.2) is 10.9 Å². The van der Waals surface area contributed by atoms with Gasteiger partial charge in [-0.2, -0.15) is 0 Å². The Morgan fingerprint density at radius 3 is 2.53 bits per heavy atom. The smallest absolute Gasteiger partial charge is 0.224 e. The summed E-state index contributed by atoms with van der Waals surface area (Å²) in [6.45, 7) is 0. The lowest BCUT2D eigenvalue weighted by atomic mass is 10.2. The van der Waals surface area contributed by atoms with Crippen molar-refractivity contribution in [2.75, 3.05) is 5.32 Å². The fourth-order valence-corrected chi connectivity index (χ4v) is 2.92. The Hall–Kier alpha value is -3.93. The molecule has 0 radical (unpaired) electrons. The molecule has 0 saturated carbocycles. The van der Waals surface area contributed by atoms with Gasteiger partial charge in [-0.3, -0.25) is 4.79 Å². The zero-order valence-electron chi connectivity index (χ0n) is 16.0. The van der Waals surface area contributed by atoms with Crippen molar-refractivity contribution in [1.29, 1.82) is 0 Å². The molecule has 1 aromatic heterocycles. The molecule has 30 heavy (non-hydrogen) atoms. The van der Waals surface area contributed by atoms with Crippen molar-refractivity contribution in [3.63, 3.8) is 0 Å². The highest BCUT2D eigenvalue weighted by Gasteiger charge is 2.13. The van der Waals surface area contributed by atoms with Crippen LogP contribution in [0.3, 0.4) is 0 Å². The minimum Gasteiger partial charge on any atom is -0.455 e. The van der Waals surface area contributed by atoms with Crippen molar-refractivity contribution >= 4 is 11.6 Å². The predicted molar refractivity (Wildman–Crippen MR) is 112 cm³/mol. The lowest BCUT2D eigenvalue weighted by Crippen LogP contribution is -2.13. The second-order valence-electron chi connectivity index (χ2n) is 6.56. The van der Waals surface area contributed by atoms with Crippen LogP contribution in [-0.2, 0) is 11.2 Å². The molecular formula is C24H19FN2O3. The molecule has 0 bridgehead atoms. The first-order chi connectivity index (χ1) is 14.7. The Bertz CT molecular complexity index is 1140. The van der Waals surface area contributed by atoms with Crippen molar-refractivity contribution in [1.82, 2.24) is 4.98 Å². The van der Waals surface area contributed by atoms with Crippen LogP contribution < -0.4 is 10.1 Å². The number of nitrogens with zero attached hydrogens (tertiary/aromatic N) is 1. The first-order valence-corrected chi connectivity index (χ1v) is 9.50. The standard InChI is InChI=1S/C24H19FN2O3/c25-19-11-5-4-10-18(19)22-16-26-24(30-22)15-14-23(28)27-20-12-6-7-13-21(20)29-17-8-2-1-3-9-17/h1-13,16H,14-15H2,(H,27,28). The Kier molecular flexibility index (Phi) is 5.85. The molecule has 0 atom stereocenters. The van der Waals surface area contributed by atoms with E-state index in [1.807, 2.05) is 42.5 Å². The van der Waals surface area contributed by atoms with E-state index < -0.39 is 0 Å². The zero-order chi connectivity index (χ0) is 20.8. The van der Waals surface area contributed by atoms with Gasteiger partial charge in [0.2, 0.25) is 5.91 Å². The van der Waals surface area contributed by atoms with Crippen LogP contribution in [0.1, 0.15) is 12.3 Å². The third kappa shape index (κ3) is 4.72. The number of para-hydroxylation sites is 3. The highest BCUT2D eigenvalue weighted by molar-refractivity contribution is 5.92. The molecule has 0 aliphatic carbocycles. The van der Waals surface area contributed by atoms with E-state index in [0.29, 0.717) is 40.8 Å². The first kappa shape index (κ1) is 19.4. The summed E-state index contributed by atoms with van der Waals surface area (Å²) in [5.74, 6) is 1.36. The number of carbonyl (C=O) groups is 1. The number of oxazole rings is 1. The van der Waals surface area contributed by atoms with E-state index in [1.54, 1.807) is 30.3 Å². The largest absolute Gasteiger partial charge is 0.455 e. The average Bonchev–Trinajstić information content (AvgIpc) is 3.24. The summed E-state index contributed by atoms with van der Waals surface area (Å²) in [6.07, 6.45) is 1.92. The lowest BCUT2D eigenvalue weighted by molar-refractivity contribution is -0.116. The molecule has 0 fully saturated rings. The molecule has 150 valence electrons. The van der Waals surface area contributed by atoms with E-state index in [4.69, 9.17) is 9.15 Å². The number of hydrogen-bond acceptors (Lipinski definition) is 4. The highest BCUT2D eigenvalue weighted by Crippen LogP contribution is 2.29. The van der Waals surface area contributed by atoms with Gasteiger partial charge < -0.3 is 14.5 Å². The summed E-state index contributed by atoms with van der Waals surface area (Å²) in [5, 5.41) is 2.86. The maximum atomic E-state index is 13.9. The normalized spacial score (nSPS) is 10.6. The van der Waals surface area contributed by atoms with E-state index in [-0.39, 0.29) is 18.1 Å². The number of benzene rings is 3. The number of aromatic nitrogens is 1. The van der Waals surface area contributed by atoms with E-state index in [0.717, 1.165) is 0 Å². The second kappa shape index (κ2) is 9.05. The molecular weight excluding hydrogens is 383 g/mol. The highest BCUT2D eigenvalue weighted by atomic mass is 19.1. The number of anilines is 1. The lowest BCUT2D eigenvalue weighted by Gasteiger charge is -2.12. The van der Waals surface area contributed by atoms with E-state index >= 15 is 0 Å². The van der Waals surface area contributed by atoms with Gasteiger partial charge in [0.05, 0.1) is 17.4 Å². The molecule has 4 rings (SSSR count). The molecule has 4 aromatic rings. The Labute approximate surface area is 173 Å². The number of ether oxygens (including phenoxy) is 1. The van der Waals surface area contributed by atoms with Crippen molar-refractivity contribution in [2.24, 2.45) is 0 Å². The van der Waals surface area contributed by atoms with E-state index in [1.165, 1.54) is 12.3 Å². The Morgan fingerprint density at radius 2 is 1.70 bits per heavy atom. The molecule has 0 saturated heterocycles. The van der Waals surface area contributed by atoms with Gasteiger partial charge in [-0.1, -0.05) is 42.5 Å². The van der Waals surface area contributed by atoms with E-state index in [2.05, 4.69) is 10.3 Å². The number of halogens is 1. The van der Waals surface area contributed by atoms with Gasteiger partial charge in [0, 0.05) is 12.8 Å². The second-order valence-corrected chi connectivity index (χ2v) is 6.56. The number of amides is 1. The van der Waals surface area contributed by atoms with Gasteiger partial charge >= 0.3 is 0 Å². The molecule has 0 aliphatic rings. The number of nitrogens with one attached hydrogen (secondary N) is 1. The number of hydrogen-bond donors (Lipinski definition) is 1. The zero-order valence-corrected chi connectivity index (χ0v) is 16.0. The van der Waals surface area contributed by atoms with Gasteiger partial charge in [-0.15, -0.1) is 0 Å². The van der Waals surface area contributed by atoms with Crippen LogP contribution in [0.15, 0.2) is 89.5 Å². The van der Waals surface area contributed by atoms with Crippen molar-refractivity contribution in [2.45, 2.75) is 12.8 Å². The summed E-state index contributed by atoms with van der Waals surface area (Å²) in [6, 6.07) is 22.9. The van der Waals surface area contributed by atoms with Crippen molar-refractivity contribution in [3.8, 4) is 22.8 Å². The molecule has 5 nitrogen and oxygen atoms in total. The van der Waals surface area contributed by atoms with Gasteiger partial charge in [0.1, 0.15) is 11.6 Å². The van der Waals surface area contributed by atoms with Crippen LogP contribution in [0.5, 0.6) is 11.5 Å². The van der Waals surface area contributed by atoms with E-state index in [9.17, 15) is 9.18 Å². The molecule has 0 spiro atoms. The summed E-state index contributed by atoms with van der Waals surface area (Å²) in [7, 11) is 0. The summed E-state index contributed by atoms with van der Waals surface area (Å²) >= 11 is 0. The summed E-state index contributed by atoms with van der Waals surface area (Å²) in [5.41, 5.74) is 0.915. The van der Waals surface area contributed by atoms with Gasteiger partial charge in [-0.25, -0.2) is 9.37 Å². The summed E-state index contributed by atoms with van der Waals surface area (Å²) < 4.78 is 25.3. The maximum Gasteiger partial charge on any atom is 0.224 e. The molecule has 1 amide bonds. The SMILES string of the molecule is O=C(CCc1ncc(-c2ccccc2F)o1)Nc1ccccc1Oc1ccccc1. The molecule has 1 N–H and O–H groups in total. The average molecular weight is 402 g/mol. The van der Waals surface area contributed by atoms with Crippen LogP contribution >= 0.6 is 0 Å². The van der Waals surface area contributed by atoms with Crippen molar-refractivity contribution < 1.29 is 18.3 Å². The van der Waals surface area contributed by atoms with Gasteiger partial charge in [-0.05, 0) is 36.4 Å². The fourth-order valence-electron chi connectivity index (χ4n) is 2.92. The molecule has 6 heteroatoms. The van der Waals surface area contributed by atoms with Gasteiger partial charge in [0.25, 0.3) is 0 Å². The quantitative estimate of drug-likeness (QED) is 0.421. The minimum atomic E-state index is -0.382. The molecule has 0 unspecified atom stereocenters. The minimum absolute atomic E-state index is 0.164. The number of aryl methyl sites for hydroxylation is 1. The molecule has 0 aliphatic heterocycles. The molecule has 1 heterocycles. The third-order valence-electron chi connectivity index (χ3n) is 4.39. The summed E-state index contributed by atoms with van der Waals surface area (Å²) in [4.78, 5) is 16.6. The third-order valence-corrected chi connectivity index (χ3v) is 4.39. The van der Waals surface area contributed by atoms with Crippen LogP contribution in [0, 0.1) is 5.82 Å². The first-order valence-electron chi connectivity index (χ1n) is 9.50. The maximum absolute atomic E-state index is 13.9. The number of rotatable bonds is 7. The topological polar surface area (TPSA) is 64.4 Å². The van der Waals surface area contributed by atoms with Crippen LogP contribution in [0.4, 0.5) is 10.1 Å². The monoisotopic (exact) mass is 402 g/mol. The van der Waals surface area contributed by atoms with Crippen molar-refractivity contribution in [3.05, 3.63) is 96.8 Å². The molecule has 3 aromatic carbocycles. The number of carbonyl (C=O) groups excluding carboxylic acids is 1.